The average molecular weight is 372 g/mol. The summed E-state index contributed by atoms with van der Waals surface area (Å²) in [4.78, 5) is 17.8. The number of rotatable bonds is 4. The number of hydrogen-bond donors (Lipinski definition) is 2. The first-order valence-corrected chi connectivity index (χ1v) is 8.41. The van der Waals surface area contributed by atoms with Crippen LogP contribution in [-0.2, 0) is 4.79 Å². The van der Waals surface area contributed by atoms with Gasteiger partial charge >= 0.3 is 0 Å². The van der Waals surface area contributed by atoms with Crippen molar-refractivity contribution in [1.29, 1.82) is 0 Å². The van der Waals surface area contributed by atoms with E-state index < -0.39 is 5.54 Å². The molecule has 1 fully saturated rings. The van der Waals surface area contributed by atoms with E-state index in [1.807, 2.05) is 38.1 Å². The molecule has 1 aliphatic rings. The molecule has 3 rings (SSSR count). The van der Waals surface area contributed by atoms with Crippen LogP contribution in [0.5, 0.6) is 0 Å². The molecule has 1 amide bonds. The molecule has 4 nitrogen and oxygen atoms in total. The number of nitrogens with two attached hydrogens (primary N) is 1. The number of aromatic nitrogens is 1. The zero-order valence-corrected chi connectivity index (χ0v) is 15.3. The van der Waals surface area contributed by atoms with Gasteiger partial charge in [-0.2, -0.15) is 0 Å². The maximum atomic E-state index is 12.0. The summed E-state index contributed by atoms with van der Waals surface area (Å²) in [5.41, 5.74) is 7.23. The molecule has 0 aliphatic heterocycles. The van der Waals surface area contributed by atoms with Crippen LogP contribution in [0.1, 0.15) is 35.7 Å². The molecule has 124 valence electrons. The Bertz CT molecular complexity index is 711. The molecule has 3 N–H and O–H groups in total. The van der Waals surface area contributed by atoms with Crippen LogP contribution in [0.3, 0.4) is 0 Å². The first-order chi connectivity index (χ1) is 10.4. The van der Waals surface area contributed by atoms with Gasteiger partial charge in [-0.15, -0.1) is 23.7 Å². The lowest BCUT2D eigenvalue weighted by Gasteiger charge is -2.14. The summed E-state index contributed by atoms with van der Waals surface area (Å²) in [6.07, 6.45) is 1.52. The number of nitrogens with zero attached hydrogens (tertiary/aromatic N) is 1. The minimum Gasteiger partial charge on any atom is -0.346 e. The van der Waals surface area contributed by atoms with Crippen LogP contribution >= 0.6 is 35.3 Å². The van der Waals surface area contributed by atoms with Crippen LogP contribution in [-0.4, -0.2) is 16.4 Å². The zero-order valence-electron chi connectivity index (χ0n) is 12.9. The number of carbonyl (C=O) groups excluding carboxylic acids is 1. The van der Waals surface area contributed by atoms with Gasteiger partial charge in [0.05, 0.1) is 17.3 Å². The van der Waals surface area contributed by atoms with E-state index in [4.69, 9.17) is 17.3 Å². The first kappa shape index (κ1) is 18.2. The molecule has 1 unspecified atom stereocenters. The van der Waals surface area contributed by atoms with Gasteiger partial charge in [0.1, 0.15) is 5.01 Å². The van der Waals surface area contributed by atoms with Crippen molar-refractivity contribution in [3.05, 3.63) is 39.2 Å². The van der Waals surface area contributed by atoms with Crippen LogP contribution in [0, 0.1) is 6.92 Å². The second-order valence-electron chi connectivity index (χ2n) is 5.82. The number of hydrogen-bond acceptors (Lipinski definition) is 4. The smallest absolute Gasteiger partial charge is 0.240 e. The summed E-state index contributed by atoms with van der Waals surface area (Å²) in [5, 5.41) is 4.56. The number of benzene rings is 1. The van der Waals surface area contributed by atoms with Crippen molar-refractivity contribution in [2.75, 3.05) is 0 Å². The highest BCUT2D eigenvalue weighted by molar-refractivity contribution is 7.12. The molecule has 1 aromatic carbocycles. The summed E-state index contributed by atoms with van der Waals surface area (Å²) in [6.45, 7) is 3.97. The van der Waals surface area contributed by atoms with Gasteiger partial charge in [-0.1, -0.05) is 23.7 Å². The highest BCUT2D eigenvalue weighted by atomic mass is 35.5. The maximum Gasteiger partial charge on any atom is 0.240 e. The van der Waals surface area contributed by atoms with Crippen LogP contribution in [0.25, 0.3) is 11.3 Å². The molecule has 0 radical (unpaired) electrons. The molecule has 2 aromatic rings. The molecule has 0 saturated heterocycles. The van der Waals surface area contributed by atoms with Crippen LogP contribution in [0.15, 0.2) is 24.3 Å². The number of amides is 1. The fraction of sp³-hybridized carbons (Fsp3) is 0.375. The highest BCUT2D eigenvalue weighted by Gasteiger charge is 2.46. The molecule has 23 heavy (non-hydrogen) atoms. The number of thiazole rings is 1. The Morgan fingerprint density at radius 3 is 2.57 bits per heavy atom. The molecular weight excluding hydrogens is 353 g/mol. The van der Waals surface area contributed by atoms with Gasteiger partial charge in [-0.05, 0) is 38.8 Å². The predicted octanol–water partition coefficient (Wildman–Crippen LogP) is 3.86. The molecular formula is C16H19Cl2N3OS. The van der Waals surface area contributed by atoms with Crippen molar-refractivity contribution in [3.63, 3.8) is 0 Å². The molecule has 1 saturated carbocycles. The van der Waals surface area contributed by atoms with Crippen molar-refractivity contribution >= 4 is 41.3 Å². The van der Waals surface area contributed by atoms with Crippen molar-refractivity contribution in [2.45, 2.75) is 38.3 Å². The van der Waals surface area contributed by atoms with Crippen molar-refractivity contribution in [1.82, 2.24) is 10.3 Å². The first-order valence-electron chi connectivity index (χ1n) is 7.22. The van der Waals surface area contributed by atoms with Gasteiger partial charge in [0, 0.05) is 15.5 Å². The van der Waals surface area contributed by atoms with Crippen molar-refractivity contribution in [2.24, 2.45) is 5.73 Å². The number of halogens is 2. The molecule has 1 atom stereocenters. The van der Waals surface area contributed by atoms with Crippen LogP contribution in [0.4, 0.5) is 0 Å². The Hall–Kier alpha value is -1.14. The topological polar surface area (TPSA) is 68.0 Å². The fourth-order valence-electron chi connectivity index (χ4n) is 2.24. The molecule has 0 spiro atoms. The Kier molecular flexibility index (Phi) is 5.36. The zero-order chi connectivity index (χ0) is 15.9. The van der Waals surface area contributed by atoms with Crippen LogP contribution < -0.4 is 11.1 Å². The van der Waals surface area contributed by atoms with Crippen LogP contribution in [0.2, 0.25) is 5.02 Å². The summed E-state index contributed by atoms with van der Waals surface area (Å²) >= 11 is 7.52. The SMILES string of the molecule is Cc1sc(C(C)NC(=O)C2(N)CC2)nc1-c1ccc(Cl)cc1.Cl. The largest absolute Gasteiger partial charge is 0.346 e. The normalized spacial score (nSPS) is 16.3. The van der Waals surface area contributed by atoms with E-state index in [1.54, 1.807) is 11.3 Å². The Morgan fingerprint density at radius 2 is 2.00 bits per heavy atom. The molecule has 7 heteroatoms. The summed E-state index contributed by atoms with van der Waals surface area (Å²) in [5.74, 6) is -0.0825. The van der Waals surface area contributed by atoms with E-state index in [-0.39, 0.29) is 24.4 Å². The van der Waals surface area contributed by atoms with Gasteiger partial charge in [0.25, 0.3) is 0 Å². The van der Waals surface area contributed by atoms with Gasteiger partial charge in [-0.3, -0.25) is 4.79 Å². The lowest BCUT2D eigenvalue weighted by atomic mass is 10.1. The number of carbonyl (C=O) groups is 1. The fourth-order valence-corrected chi connectivity index (χ4v) is 3.31. The van der Waals surface area contributed by atoms with Gasteiger partial charge in [-0.25, -0.2) is 4.98 Å². The van der Waals surface area contributed by atoms with E-state index in [9.17, 15) is 4.79 Å². The quantitative estimate of drug-likeness (QED) is 0.856. The molecule has 1 heterocycles. The predicted molar refractivity (Wildman–Crippen MR) is 97.3 cm³/mol. The van der Waals surface area contributed by atoms with E-state index >= 15 is 0 Å². The third-order valence-electron chi connectivity index (χ3n) is 3.89. The van der Waals surface area contributed by atoms with E-state index in [0.29, 0.717) is 5.02 Å². The van der Waals surface area contributed by atoms with E-state index in [1.165, 1.54) is 0 Å². The molecule has 1 aliphatic carbocycles. The minimum absolute atomic E-state index is 0. The standard InChI is InChI=1S/C16H18ClN3OS.ClH/c1-9(19-15(21)16(18)7-8-16)14-20-13(10(2)22-14)11-3-5-12(17)6-4-11;/h3-6,9H,7-8,18H2,1-2H3,(H,19,21);1H. The molecule has 1 aromatic heterocycles. The lowest BCUT2D eigenvalue weighted by Crippen LogP contribution is -2.43. The average Bonchev–Trinajstić information content (AvgIpc) is 3.11. The second kappa shape index (κ2) is 6.77. The Labute approximate surface area is 150 Å². The Balaban J connectivity index is 0.00000192. The van der Waals surface area contributed by atoms with E-state index in [0.717, 1.165) is 34.0 Å². The number of aryl methyl sites for hydroxylation is 1. The third-order valence-corrected chi connectivity index (χ3v) is 5.30. The number of nitrogens with one attached hydrogen (secondary N) is 1. The van der Waals surface area contributed by atoms with Gasteiger partial charge in [0.2, 0.25) is 5.91 Å². The minimum atomic E-state index is -0.653. The highest BCUT2D eigenvalue weighted by Crippen LogP contribution is 2.34. The maximum absolute atomic E-state index is 12.0. The van der Waals surface area contributed by atoms with Crippen molar-refractivity contribution < 1.29 is 4.79 Å². The molecule has 0 bridgehead atoms. The monoisotopic (exact) mass is 371 g/mol. The lowest BCUT2D eigenvalue weighted by molar-refractivity contribution is -0.123. The summed E-state index contributed by atoms with van der Waals surface area (Å²) < 4.78 is 0. The summed E-state index contributed by atoms with van der Waals surface area (Å²) in [6, 6.07) is 7.48. The Morgan fingerprint density at radius 1 is 1.39 bits per heavy atom. The van der Waals surface area contributed by atoms with Gasteiger partial charge < -0.3 is 11.1 Å². The van der Waals surface area contributed by atoms with Crippen molar-refractivity contribution in [3.8, 4) is 11.3 Å². The van der Waals surface area contributed by atoms with Gasteiger partial charge in [0.15, 0.2) is 0 Å². The summed E-state index contributed by atoms with van der Waals surface area (Å²) in [7, 11) is 0. The van der Waals surface area contributed by atoms with E-state index in [2.05, 4.69) is 10.3 Å². The third kappa shape index (κ3) is 3.86. The second-order valence-corrected chi connectivity index (χ2v) is 7.49.